The number of pyridine rings is 1. The second kappa shape index (κ2) is 8.27. The van der Waals surface area contributed by atoms with Crippen molar-refractivity contribution in [3.63, 3.8) is 0 Å². The van der Waals surface area contributed by atoms with E-state index in [1.54, 1.807) is 42.5 Å². The highest BCUT2D eigenvalue weighted by atomic mass is 35.5. The summed E-state index contributed by atoms with van der Waals surface area (Å²) >= 11 is 18.4. The smallest absolute Gasteiger partial charge is 0.256 e. The molecule has 0 aliphatic rings. The topological polar surface area (TPSA) is 42.0 Å². The van der Waals surface area contributed by atoms with Crippen LogP contribution in [0.5, 0.6) is 0 Å². The van der Waals surface area contributed by atoms with E-state index in [1.165, 1.54) is 0 Å². The highest BCUT2D eigenvalue weighted by Gasteiger charge is 2.17. The Kier molecular flexibility index (Phi) is 5.70. The molecule has 30 heavy (non-hydrogen) atoms. The Labute approximate surface area is 189 Å². The lowest BCUT2D eigenvalue weighted by molar-refractivity contribution is 0.102. The maximum atomic E-state index is 13.2. The molecule has 3 aromatic carbocycles. The van der Waals surface area contributed by atoms with Crippen LogP contribution >= 0.6 is 34.8 Å². The molecule has 0 radical (unpaired) electrons. The van der Waals surface area contributed by atoms with Crippen LogP contribution in [0.2, 0.25) is 15.1 Å². The van der Waals surface area contributed by atoms with Gasteiger partial charge in [-0.25, -0.2) is 4.98 Å². The minimum Gasteiger partial charge on any atom is -0.322 e. The molecule has 0 fully saturated rings. The first-order valence-corrected chi connectivity index (χ1v) is 10.4. The number of aromatic nitrogens is 1. The number of carbonyl (C=O) groups is 1. The lowest BCUT2D eigenvalue weighted by Gasteiger charge is -2.14. The Morgan fingerprint density at radius 1 is 0.867 bits per heavy atom. The van der Waals surface area contributed by atoms with E-state index in [2.05, 4.69) is 5.32 Å². The SMILES string of the molecule is Cc1cc(C)c2nc(-c3ccc(Cl)cc3Cl)cc(C(=O)Nc3ccc(Cl)cc3)c2c1. The van der Waals surface area contributed by atoms with Gasteiger partial charge in [-0.3, -0.25) is 4.79 Å². The standard InChI is InChI=1S/C24H17Cl3N2O/c1-13-9-14(2)23-19(10-13)20(24(30)28-17-6-3-15(25)4-7-17)12-22(29-23)18-8-5-16(26)11-21(18)27/h3-12H,1-2H3,(H,28,30). The number of nitrogens with one attached hydrogen (secondary N) is 1. The van der Waals surface area contributed by atoms with E-state index in [0.717, 1.165) is 22.0 Å². The van der Waals surface area contributed by atoms with Crippen molar-refractivity contribution in [2.45, 2.75) is 13.8 Å². The van der Waals surface area contributed by atoms with Crippen LogP contribution in [0.3, 0.4) is 0 Å². The van der Waals surface area contributed by atoms with Gasteiger partial charge in [0.2, 0.25) is 0 Å². The number of anilines is 1. The van der Waals surface area contributed by atoms with Crippen LogP contribution < -0.4 is 5.32 Å². The number of aryl methyl sites for hydroxylation is 2. The number of nitrogens with zero attached hydrogens (tertiary/aromatic N) is 1. The minimum absolute atomic E-state index is 0.235. The van der Waals surface area contributed by atoms with Crippen LogP contribution in [0.1, 0.15) is 21.5 Å². The predicted molar refractivity (Wildman–Crippen MR) is 126 cm³/mol. The zero-order valence-corrected chi connectivity index (χ0v) is 18.5. The van der Waals surface area contributed by atoms with E-state index in [9.17, 15) is 4.79 Å². The average Bonchev–Trinajstić information content (AvgIpc) is 2.69. The fourth-order valence-electron chi connectivity index (χ4n) is 3.44. The number of fused-ring (bicyclic) bond motifs is 1. The molecule has 0 unspecified atom stereocenters. The summed E-state index contributed by atoms with van der Waals surface area (Å²) in [4.78, 5) is 18.0. The molecule has 4 aromatic rings. The zero-order valence-electron chi connectivity index (χ0n) is 16.3. The van der Waals surface area contributed by atoms with Crippen molar-refractivity contribution in [2.24, 2.45) is 0 Å². The van der Waals surface area contributed by atoms with Crippen LogP contribution in [0.25, 0.3) is 22.2 Å². The van der Waals surface area contributed by atoms with E-state index in [0.29, 0.717) is 37.6 Å². The molecule has 150 valence electrons. The molecule has 0 saturated carbocycles. The van der Waals surface area contributed by atoms with Gasteiger partial charge >= 0.3 is 0 Å². The molecule has 1 amide bonds. The number of rotatable bonds is 3. The Hall–Kier alpha value is -2.59. The number of hydrogen-bond acceptors (Lipinski definition) is 2. The lowest BCUT2D eigenvalue weighted by Crippen LogP contribution is -2.13. The molecule has 0 spiro atoms. The number of hydrogen-bond donors (Lipinski definition) is 1. The predicted octanol–water partition coefficient (Wildman–Crippen LogP) is 7.73. The third-order valence-corrected chi connectivity index (χ3v) is 5.60. The maximum Gasteiger partial charge on any atom is 0.256 e. The van der Waals surface area contributed by atoms with Crippen LogP contribution in [-0.4, -0.2) is 10.9 Å². The molecule has 4 rings (SSSR count). The van der Waals surface area contributed by atoms with Crippen LogP contribution in [-0.2, 0) is 0 Å². The van der Waals surface area contributed by atoms with Gasteiger partial charge in [-0.2, -0.15) is 0 Å². The molecule has 3 nitrogen and oxygen atoms in total. The normalized spacial score (nSPS) is 11.0. The van der Waals surface area contributed by atoms with Gasteiger partial charge in [0, 0.05) is 26.7 Å². The van der Waals surface area contributed by atoms with Gasteiger partial charge in [0.05, 0.1) is 21.8 Å². The third kappa shape index (κ3) is 4.15. The Morgan fingerprint density at radius 2 is 1.57 bits per heavy atom. The summed E-state index contributed by atoms with van der Waals surface area (Å²) < 4.78 is 0. The van der Waals surface area contributed by atoms with Gasteiger partial charge in [0.15, 0.2) is 0 Å². The van der Waals surface area contributed by atoms with Gasteiger partial charge in [-0.1, -0.05) is 46.4 Å². The molecule has 6 heteroatoms. The maximum absolute atomic E-state index is 13.2. The van der Waals surface area contributed by atoms with E-state index >= 15 is 0 Å². The number of carbonyl (C=O) groups excluding carboxylic acids is 1. The summed E-state index contributed by atoms with van der Waals surface area (Å²) in [6, 6.07) is 18.0. The highest BCUT2D eigenvalue weighted by molar-refractivity contribution is 6.36. The second-order valence-electron chi connectivity index (χ2n) is 7.12. The molecular formula is C24H17Cl3N2O. The molecule has 0 aliphatic heterocycles. The molecule has 1 heterocycles. The summed E-state index contributed by atoms with van der Waals surface area (Å²) in [5, 5.41) is 5.34. The molecule has 1 N–H and O–H groups in total. The zero-order chi connectivity index (χ0) is 21.4. The van der Waals surface area contributed by atoms with Crippen molar-refractivity contribution in [3.8, 4) is 11.3 Å². The van der Waals surface area contributed by atoms with E-state index < -0.39 is 0 Å². The van der Waals surface area contributed by atoms with Crippen molar-refractivity contribution >= 4 is 57.3 Å². The second-order valence-corrected chi connectivity index (χ2v) is 8.40. The molecule has 0 saturated heterocycles. The largest absolute Gasteiger partial charge is 0.322 e. The fraction of sp³-hybridized carbons (Fsp3) is 0.0833. The molecule has 1 aromatic heterocycles. The van der Waals surface area contributed by atoms with E-state index in [1.807, 2.05) is 32.0 Å². The first-order chi connectivity index (χ1) is 14.3. The summed E-state index contributed by atoms with van der Waals surface area (Å²) in [5.41, 5.74) is 5.29. The van der Waals surface area contributed by atoms with Crippen molar-refractivity contribution in [1.82, 2.24) is 4.98 Å². The van der Waals surface area contributed by atoms with Crippen LogP contribution in [0, 0.1) is 13.8 Å². The Morgan fingerprint density at radius 3 is 2.27 bits per heavy atom. The van der Waals surface area contributed by atoms with Crippen molar-refractivity contribution in [2.75, 3.05) is 5.32 Å². The first-order valence-electron chi connectivity index (χ1n) is 9.26. The van der Waals surface area contributed by atoms with E-state index in [4.69, 9.17) is 39.8 Å². The van der Waals surface area contributed by atoms with Gasteiger partial charge in [-0.15, -0.1) is 0 Å². The lowest BCUT2D eigenvalue weighted by atomic mass is 9.99. The summed E-state index contributed by atoms with van der Waals surface area (Å²) in [6.07, 6.45) is 0. The Bertz CT molecular complexity index is 1280. The van der Waals surface area contributed by atoms with Crippen molar-refractivity contribution < 1.29 is 4.79 Å². The van der Waals surface area contributed by atoms with E-state index in [-0.39, 0.29) is 5.91 Å². The fourth-order valence-corrected chi connectivity index (χ4v) is 4.07. The van der Waals surface area contributed by atoms with Gasteiger partial charge < -0.3 is 5.32 Å². The number of benzene rings is 3. The molecule has 0 atom stereocenters. The summed E-state index contributed by atoms with van der Waals surface area (Å²) in [5.74, 6) is -0.235. The number of halogens is 3. The molecule has 0 aliphatic carbocycles. The molecular weight excluding hydrogens is 439 g/mol. The van der Waals surface area contributed by atoms with Gasteiger partial charge in [-0.05, 0) is 74.0 Å². The van der Waals surface area contributed by atoms with Crippen LogP contribution in [0.15, 0.2) is 60.7 Å². The van der Waals surface area contributed by atoms with Crippen molar-refractivity contribution in [3.05, 3.63) is 92.4 Å². The third-order valence-electron chi connectivity index (χ3n) is 4.80. The minimum atomic E-state index is -0.235. The van der Waals surface area contributed by atoms with Crippen LogP contribution in [0.4, 0.5) is 5.69 Å². The Balaban J connectivity index is 1.89. The van der Waals surface area contributed by atoms with Gasteiger partial charge in [0.25, 0.3) is 5.91 Å². The molecule has 0 bridgehead atoms. The first kappa shape index (κ1) is 20.7. The van der Waals surface area contributed by atoms with Gasteiger partial charge in [0.1, 0.15) is 0 Å². The summed E-state index contributed by atoms with van der Waals surface area (Å²) in [6.45, 7) is 3.98. The quantitative estimate of drug-likeness (QED) is 0.343. The summed E-state index contributed by atoms with van der Waals surface area (Å²) in [7, 11) is 0. The highest BCUT2D eigenvalue weighted by Crippen LogP contribution is 2.33. The number of amides is 1. The monoisotopic (exact) mass is 454 g/mol. The average molecular weight is 456 g/mol. The van der Waals surface area contributed by atoms with Crippen molar-refractivity contribution in [1.29, 1.82) is 0 Å².